The molecular formula is C24H32N2O5. The summed E-state index contributed by atoms with van der Waals surface area (Å²) in [6.07, 6.45) is 5.25. The molecule has 168 valence electrons. The van der Waals surface area contributed by atoms with E-state index in [1.807, 2.05) is 24.3 Å². The maximum absolute atomic E-state index is 13.2. The van der Waals surface area contributed by atoms with Crippen molar-refractivity contribution in [2.75, 3.05) is 20.8 Å². The van der Waals surface area contributed by atoms with E-state index in [0.29, 0.717) is 24.8 Å². The van der Waals surface area contributed by atoms with Crippen molar-refractivity contribution < 1.29 is 23.9 Å². The third-order valence-corrected chi connectivity index (χ3v) is 7.27. The predicted molar refractivity (Wildman–Crippen MR) is 114 cm³/mol. The fourth-order valence-electron chi connectivity index (χ4n) is 6.50. The number of rotatable bonds is 7. The predicted octanol–water partition coefficient (Wildman–Crippen LogP) is 2.67. The molecule has 1 aromatic rings. The van der Waals surface area contributed by atoms with Crippen LogP contribution in [0.4, 0.5) is 0 Å². The van der Waals surface area contributed by atoms with E-state index in [-0.39, 0.29) is 29.9 Å². The van der Waals surface area contributed by atoms with Crippen LogP contribution in [0.3, 0.4) is 0 Å². The van der Waals surface area contributed by atoms with Crippen LogP contribution in [-0.4, -0.2) is 49.0 Å². The highest BCUT2D eigenvalue weighted by molar-refractivity contribution is 5.83. The summed E-state index contributed by atoms with van der Waals surface area (Å²) in [5, 5.41) is 3.15. The Morgan fingerprint density at radius 1 is 1.10 bits per heavy atom. The highest BCUT2D eigenvalue weighted by atomic mass is 16.5. The molecule has 2 unspecified atom stereocenters. The molecular weight excluding hydrogens is 396 g/mol. The van der Waals surface area contributed by atoms with E-state index in [1.54, 1.807) is 26.0 Å². The van der Waals surface area contributed by atoms with Crippen molar-refractivity contribution in [2.45, 2.75) is 57.5 Å². The maximum atomic E-state index is 13.2. The van der Waals surface area contributed by atoms with Crippen LogP contribution in [-0.2, 0) is 25.7 Å². The smallest absolute Gasteiger partial charge is 0.312 e. The number of carbonyl (C=O) groups excluding carboxylic acids is 3. The monoisotopic (exact) mass is 428 g/mol. The summed E-state index contributed by atoms with van der Waals surface area (Å²) in [6, 6.07) is 7.52. The SMILES string of the molecule is COc1ccc(CN(C)C(=O)COC(=O)C23CC4CC(CC(NC(C)=O)(C4)C2)C3)cc1. The molecule has 2 atom stereocenters. The van der Waals surface area contributed by atoms with Gasteiger partial charge in [-0.3, -0.25) is 14.4 Å². The van der Waals surface area contributed by atoms with E-state index < -0.39 is 5.41 Å². The average Bonchev–Trinajstić information content (AvgIpc) is 2.70. The van der Waals surface area contributed by atoms with Gasteiger partial charge in [0.05, 0.1) is 12.5 Å². The van der Waals surface area contributed by atoms with E-state index in [2.05, 4.69) is 5.32 Å². The number of ether oxygens (including phenoxy) is 2. The maximum Gasteiger partial charge on any atom is 0.312 e. The van der Waals surface area contributed by atoms with Crippen LogP contribution in [0.25, 0.3) is 0 Å². The molecule has 4 fully saturated rings. The van der Waals surface area contributed by atoms with Crippen molar-refractivity contribution in [3.8, 4) is 5.75 Å². The lowest BCUT2D eigenvalue weighted by atomic mass is 9.47. The summed E-state index contributed by atoms with van der Waals surface area (Å²) in [6.45, 7) is 1.72. The number of likely N-dealkylation sites (N-methyl/N-ethyl adjacent to an activating group) is 1. The zero-order chi connectivity index (χ0) is 22.2. The molecule has 7 nitrogen and oxygen atoms in total. The second kappa shape index (κ2) is 8.17. The number of nitrogens with one attached hydrogen (secondary N) is 1. The molecule has 0 radical (unpaired) electrons. The first kappa shape index (κ1) is 21.7. The lowest BCUT2D eigenvalue weighted by Crippen LogP contribution is -2.64. The fourth-order valence-corrected chi connectivity index (χ4v) is 6.50. The Morgan fingerprint density at radius 3 is 2.32 bits per heavy atom. The van der Waals surface area contributed by atoms with Crippen LogP contribution in [0, 0.1) is 17.3 Å². The van der Waals surface area contributed by atoms with Crippen molar-refractivity contribution in [1.82, 2.24) is 10.2 Å². The van der Waals surface area contributed by atoms with Crippen molar-refractivity contribution in [3.05, 3.63) is 29.8 Å². The largest absolute Gasteiger partial charge is 0.497 e. The third kappa shape index (κ3) is 4.41. The Labute approximate surface area is 183 Å². The van der Waals surface area contributed by atoms with Crippen LogP contribution >= 0.6 is 0 Å². The summed E-state index contributed by atoms with van der Waals surface area (Å²) >= 11 is 0. The number of benzene rings is 1. The van der Waals surface area contributed by atoms with Crippen LogP contribution < -0.4 is 10.1 Å². The van der Waals surface area contributed by atoms with E-state index >= 15 is 0 Å². The zero-order valence-corrected chi connectivity index (χ0v) is 18.6. The molecule has 0 aromatic heterocycles. The van der Waals surface area contributed by atoms with Gasteiger partial charge in [0.1, 0.15) is 5.75 Å². The molecule has 4 aliphatic rings. The van der Waals surface area contributed by atoms with Crippen molar-refractivity contribution >= 4 is 17.8 Å². The number of methoxy groups -OCH3 is 1. The Morgan fingerprint density at radius 2 is 1.74 bits per heavy atom. The van der Waals surface area contributed by atoms with E-state index in [0.717, 1.165) is 43.4 Å². The standard InChI is InChI=1S/C24H32N2O5/c1-16(27)25-24-11-18-8-19(12-24)10-23(9-18,15-24)22(29)31-14-21(28)26(2)13-17-4-6-20(30-3)7-5-17/h4-7,18-19H,8-15H2,1-3H3,(H,25,27). The Kier molecular flexibility index (Phi) is 5.71. The molecule has 1 N–H and O–H groups in total. The van der Waals surface area contributed by atoms with Gasteiger partial charge in [0.2, 0.25) is 5.91 Å². The van der Waals surface area contributed by atoms with Crippen LogP contribution in [0.5, 0.6) is 5.75 Å². The first-order chi connectivity index (χ1) is 14.7. The number of hydrogen-bond acceptors (Lipinski definition) is 5. The van der Waals surface area contributed by atoms with Crippen LogP contribution in [0.2, 0.25) is 0 Å². The minimum Gasteiger partial charge on any atom is -0.497 e. The van der Waals surface area contributed by atoms with Gasteiger partial charge in [-0.25, -0.2) is 0 Å². The minimum absolute atomic E-state index is 0.0409. The normalized spacial score (nSPS) is 30.5. The van der Waals surface area contributed by atoms with Gasteiger partial charge < -0.3 is 19.7 Å². The zero-order valence-electron chi connectivity index (χ0n) is 18.6. The van der Waals surface area contributed by atoms with E-state index in [1.165, 1.54) is 0 Å². The molecule has 0 aliphatic heterocycles. The molecule has 7 heteroatoms. The van der Waals surface area contributed by atoms with Gasteiger partial charge >= 0.3 is 5.97 Å². The fraction of sp³-hybridized carbons (Fsp3) is 0.625. The summed E-state index contributed by atoms with van der Waals surface area (Å²) in [5.41, 5.74) is 0.118. The molecule has 0 spiro atoms. The molecule has 2 amide bonds. The Hall–Kier alpha value is -2.57. The molecule has 0 heterocycles. The minimum atomic E-state index is -0.568. The molecule has 4 saturated carbocycles. The van der Waals surface area contributed by atoms with Crippen molar-refractivity contribution in [2.24, 2.45) is 17.3 Å². The second-order valence-corrected chi connectivity index (χ2v) is 9.88. The number of esters is 1. The van der Waals surface area contributed by atoms with Gasteiger partial charge in [-0.1, -0.05) is 12.1 Å². The van der Waals surface area contributed by atoms with Gasteiger partial charge in [-0.05, 0) is 68.1 Å². The molecule has 31 heavy (non-hydrogen) atoms. The molecule has 4 bridgehead atoms. The van der Waals surface area contributed by atoms with Gasteiger partial charge in [0, 0.05) is 26.1 Å². The summed E-state index contributed by atoms with van der Waals surface area (Å²) in [4.78, 5) is 39.1. The summed E-state index contributed by atoms with van der Waals surface area (Å²) in [5.74, 6) is 1.09. The lowest BCUT2D eigenvalue weighted by molar-refractivity contribution is -0.178. The quantitative estimate of drug-likeness (QED) is 0.675. The Balaban J connectivity index is 1.35. The first-order valence-electron chi connectivity index (χ1n) is 11.1. The van der Waals surface area contributed by atoms with Crippen molar-refractivity contribution in [3.63, 3.8) is 0 Å². The van der Waals surface area contributed by atoms with E-state index in [9.17, 15) is 14.4 Å². The van der Waals surface area contributed by atoms with Gasteiger partial charge in [0.25, 0.3) is 5.91 Å². The second-order valence-electron chi connectivity index (χ2n) is 9.88. The molecule has 0 saturated heterocycles. The van der Waals surface area contributed by atoms with Gasteiger partial charge in [-0.15, -0.1) is 0 Å². The first-order valence-corrected chi connectivity index (χ1v) is 11.1. The molecule has 5 rings (SSSR count). The summed E-state index contributed by atoms with van der Waals surface area (Å²) in [7, 11) is 3.32. The number of nitrogens with zero attached hydrogens (tertiary/aromatic N) is 1. The molecule has 4 aliphatic carbocycles. The van der Waals surface area contributed by atoms with Gasteiger partial charge in [0.15, 0.2) is 6.61 Å². The van der Waals surface area contributed by atoms with Crippen molar-refractivity contribution in [1.29, 1.82) is 0 Å². The Bertz CT molecular complexity index is 851. The van der Waals surface area contributed by atoms with Crippen LogP contribution in [0.1, 0.15) is 51.0 Å². The topological polar surface area (TPSA) is 84.9 Å². The van der Waals surface area contributed by atoms with E-state index in [4.69, 9.17) is 9.47 Å². The molecule has 1 aromatic carbocycles. The number of hydrogen-bond donors (Lipinski definition) is 1. The lowest BCUT2D eigenvalue weighted by Gasteiger charge is -2.60. The highest BCUT2D eigenvalue weighted by Gasteiger charge is 2.61. The third-order valence-electron chi connectivity index (χ3n) is 7.27. The van der Waals surface area contributed by atoms with Crippen LogP contribution in [0.15, 0.2) is 24.3 Å². The van der Waals surface area contributed by atoms with Gasteiger partial charge in [-0.2, -0.15) is 0 Å². The number of amides is 2. The highest BCUT2D eigenvalue weighted by Crippen LogP contribution is 2.62. The number of carbonyl (C=O) groups is 3. The average molecular weight is 429 g/mol. The summed E-state index contributed by atoms with van der Waals surface area (Å²) < 4.78 is 10.7.